The zero-order valence-corrected chi connectivity index (χ0v) is 12.5. The van der Waals surface area contributed by atoms with Gasteiger partial charge in [0, 0.05) is 17.3 Å². The smallest absolute Gasteiger partial charge is 0.187 e. The standard InChI is InChI=1S/C14H21NO8/c1-6-10(18)8(3-16)7(2-15-6)5-22-14-13(21)12(20)11(19)9(4-17)23-14/h2,9,11-14,16-21H,3-5H2,1H3/t9-,11-,12+,13+,14-/m1/s1. The Morgan fingerprint density at radius 3 is 2.48 bits per heavy atom. The van der Waals surface area contributed by atoms with Crippen molar-refractivity contribution < 1.29 is 40.1 Å². The van der Waals surface area contributed by atoms with Gasteiger partial charge < -0.3 is 40.1 Å². The van der Waals surface area contributed by atoms with E-state index in [-0.39, 0.29) is 17.9 Å². The van der Waals surface area contributed by atoms with Gasteiger partial charge in [0.25, 0.3) is 0 Å². The number of aromatic nitrogens is 1. The zero-order valence-electron chi connectivity index (χ0n) is 12.5. The van der Waals surface area contributed by atoms with Crippen LogP contribution in [-0.2, 0) is 22.7 Å². The van der Waals surface area contributed by atoms with Crippen LogP contribution in [0.1, 0.15) is 16.8 Å². The molecule has 1 aliphatic heterocycles. The van der Waals surface area contributed by atoms with Crippen LogP contribution < -0.4 is 0 Å². The monoisotopic (exact) mass is 331 g/mol. The van der Waals surface area contributed by atoms with Crippen molar-refractivity contribution in [1.82, 2.24) is 4.98 Å². The molecule has 9 nitrogen and oxygen atoms in total. The van der Waals surface area contributed by atoms with E-state index in [1.807, 2.05) is 0 Å². The van der Waals surface area contributed by atoms with E-state index in [1.54, 1.807) is 6.92 Å². The van der Waals surface area contributed by atoms with E-state index < -0.39 is 43.9 Å². The Morgan fingerprint density at radius 2 is 1.87 bits per heavy atom. The Kier molecular flexibility index (Phi) is 5.87. The Morgan fingerprint density at radius 1 is 1.17 bits per heavy atom. The Balaban J connectivity index is 2.10. The number of rotatable bonds is 5. The summed E-state index contributed by atoms with van der Waals surface area (Å²) in [6.45, 7) is 0.429. The maximum Gasteiger partial charge on any atom is 0.187 e. The third-order valence-corrected chi connectivity index (χ3v) is 3.84. The molecule has 1 aliphatic rings. The van der Waals surface area contributed by atoms with Gasteiger partial charge in [-0.05, 0) is 6.92 Å². The number of nitrogens with zero attached hydrogens (tertiary/aromatic N) is 1. The second-order valence-corrected chi connectivity index (χ2v) is 5.36. The molecule has 0 radical (unpaired) electrons. The minimum Gasteiger partial charge on any atom is -0.506 e. The fourth-order valence-electron chi connectivity index (χ4n) is 2.36. The number of ether oxygens (including phenoxy) is 2. The average molecular weight is 331 g/mol. The molecule has 0 bridgehead atoms. The molecule has 2 heterocycles. The molecule has 130 valence electrons. The molecule has 0 unspecified atom stereocenters. The molecule has 0 saturated carbocycles. The van der Waals surface area contributed by atoms with Gasteiger partial charge in [0.15, 0.2) is 6.29 Å². The van der Waals surface area contributed by atoms with Crippen LogP contribution in [0.15, 0.2) is 6.20 Å². The second kappa shape index (κ2) is 7.49. The van der Waals surface area contributed by atoms with E-state index in [0.29, 0.717) is 11.3 Å². The number of aliphatic hydroxyl groups is 5. The third-order valence-electron chi connectivity index (χ3n) is 3.84. The predicted molar refractivity (Wildman–Crippen MR) is 75.1 cm³/mol. The van der Waals surface area contributed by atoms with Gasteiger partial charge in [0.2, 0.25) is 0 Å². The summed E-state index contributed by atoms with van der Waals surface area (Å²) in [6, 6.07) is 0. The highest BCUT2D eigenvalue weighted by atomic mass is 16.7. The molecule has 0 aliphatic carbocycles. The third kappa shape index (κ3) is 3.61. The van der Waals surface area contributed by atoms with Crippen molar-refractivity contribution in [2.75, 3.05) is 6.61 Å². The molecule has 0 amide bonds. The first-order valence-corrected chi connectivity index (χ1v) is 7.10. The Labute approximate surface area is 132 Å². The number of hydrogen-bond donors (Lipinski definition) is 6. The molecule has 9 heteroatoms. The number of aryl methyl sites for hydroxylation is 1. The SMILES string of the molecule is Cc1ncc(CO[C@@H]2O[C@H](CO)[C@@H](O)[C@H](O)[C@@H]2O)c(CO)c1O. The summed E-state index contributed by atoms with van der Waals surface area (Å²) in [4.78, 5) is 3.95. The highest BCUT2D eigenvalue weighted by Crippen LogP contribution is 2.26. The van der Waals surface area contributed by atoms with E-state index in [2.05, 4.69) is 4.98 Å². The first-order chi connectivity index (χ1) is 10.9. The van der Waals surface area contributed by atoms with Crippen LogP contribution >= 0.6 is 0 Å². The molecule has 2 rings (SSSR count). The Hall–Kier alpha value is -1.33. The van der Waals surface area contributed by atoms with Crippen LogP contribution in [0.25, 0.3) is 0 Å². The lowest BCUT2D eigenvalue weighted by Crippen LogP contribution is -2.59. The molecule has 0 aromatic carbocycles. The maximum atomic E-state index is 9.87. The molecule has 6 N–H and O–H groups in total. The molecule has 1 aromatic heterocycles. The van der Waals surface area contributed by atoms with Gasteiger partial charge in [-0.1, -0.05) is 0 Å². The van der Waals surface area contributed by atoms with Gasteiger partial charge in [-0.3, -0.25) is 4.98 Å². The quantitative estimate of drug-likeness (QED) is 0.356. The van der Waals surface area contributed by atoms with Gasteiger partial charge in [-0.15, -0.1) is 0 Å². The zero-order chi connectivity index (χ0) is 17.1. The largest absolute Gasteiger partial charge is 0.506 e. The van der Waals surface area contributed by atoms with E-state index in [4.69, 9.17) is 14.6 Å². The van der Waals surface area contributed by atoms with Crippen molar-refractivity contribution >= 4 is 0 Å². The molecular weight excluding hydrogens is 310 g/mol. The van der Waals surface area contributed by atoms with Crippen LogP contribution in [0, 0.1) is 6.92 Å². The van der Waals surface area contributed by atoms with Crippen LogP contribution in [0.5, 0.6) is 5.75 Å². The van der Waals surface area contributed by atoms with Crippen molar-refractivity contribution in [2.45, 2.75) is 50.8 Å². The highest BCUT2D eigenvalue weighted by molar-refractivity contribution is 5.39. The van der Waals surface area contributed by atoms with Crippen molar-refractivity contribution in [3.8, 4) is 5.75 Å². The van der Waals surface area contributed by atoms with E-state index >= 15 is 0 Å². The molecule has 1 aromatic rings. The first-order valence-electron chi connectivity index (χ1n) is 7.10. The number of pyridine rings is 1. The predicted octanol–water partition coefficient (Wildman–Crippen LogP) is -2.10. The lowest BCUT2D eigenvalue weighted by atomic mass is 9.99. The number of aliphatic hydroxyl groups excluding tert-OH is 5. The molecular formula is C14H21NO8. The molecule has 0 spiro atoms. The first kappa shape index (κ1) is 18.0. The Bertz CT molecular complexity index is 538. The highest BCUT2D eigenvalue weighted by Gasteiger charge is 2.44. The average Bonchev–Trinajstić information content (AvgIpc) is 2.55. The summed E-state index contributed by atoms with van der Waals surface area (Å²) in [5.74, 6) is -0.151. The molecule has 5 atom stereocenters. The van der Waals surface area contributed by atoms with Crippen molar-refractivity contribution in [1.29, 1.82) is 0 Å². The van der Waals surface area contributed by atoms with Crippen molar-refractivity contribution in [2.24, 2.45) is 0 Å². The molecule has 23 heavy (non-hydrogen) atoms. The van der Waals surface area contributed by atoms with Crippen LogP contribution in [-0.4, -0.2) is 72.9 Å². The fourth-order valence-corrected chi connectivity index (χ4v) is 2.36. The second-order valence-electron chi connectivity index (χ2n) is 5.36. The molecule has 1 fully saturated rings. The summed E-state index contributed by atoms with van der Waals surface area (Å²) in [7, 11) is 0. The van der Waals surface area contributed by atoms with Gasteiger partial charge >= 0.3 is 0 Å². The normalized spacial score (nSPS) is 31.3. The van der Waals surface area contributed by atoms with Crippen molar-refractivity contribution in [3.63, 3.8) is 0 Å². The van der Waals surface area contributed by atoms with Gasteiger partial charge in [0.05, 0.1) is 25.5 Å². The van der Waals surface area contributed by atoms with Crippen LogP contribution in [0.3, 0.4) is 0 Å². The summed E-state index contributed by atoms with van der Waals surface area (Å²) >= 11 is 0. The summed E-state index contributed by atoms with van der Waals surface area (Å²) in [5.41, 5.74) is 0.972. The van der Waals surface area contributed by atoms with E-state index in [1.165, 1.54) is 6.20 Å². The summed E-state index contributed by atoms with van der Waals surface area (Å²) in [5, 5.41) is 57.5. The fraction of sp³-hybridized carbons (Fsp3) is 0.643. The molecule has 1 saturated heterocycles. The van der Waals surface area contributed by atoms with Gasteiger partial charge in [0.1, 0.15) is 30.2 Å². The van der Waals surface area contributed by atoms with E-state index in [9.17, 15) is 25.5 Å². The minimum atomic E-state index is -1.53. The van der Waals surface area contributed by atoms with Crippen molar-refractivity contribution in [3.05, 3.63) is 23.0 Å². The van der Waals surface area contributed by atoms with Gasteiger partial charge in [-0.25, -0.2) is 0 Å². The number of hydrogen-bond acceptors (Lipinski definition) is 9. The number of aromatic hydroxyl groups is 1. The van der Waals surface area contributed by atoms with Crippen LogP contribution in [0.4, 0.5) is 0 Å². The lowest BCUT2D eigenvalue weighted by molar-refractivity contribution is -0.304. The van der Waals surface area contributed by atoms with Crippen LogP contribution in [0.2, 0.25) is 0 Å². The maximum absolute atomic E-state index is 9.87. The van der Waals surface area contributed by atoms with E-state index in [0.717, 1.165) is 0 Å². The van der Waals surface area contributed by atoms with Gasteiger partial charge in [-0.2, -0.15) is 0 Å². The minimum absolute atomic E-state index is 0.151. The lowest BCUT2D eigenvalue weighted by Gasteiger charge is -2.39. The summed E-state index contributed by atoms with van der Waals surface area (Å²) in [6.07, 6.45) is -5.47. The topological polar surface area (TPSA) is 153 Å². The summed E-state index contributed by atoms with van der Waals surface area (Å²) < 4.78 is 10.6.